The standard InChI is InChI=1S/C7H5Br2NO2/c8-3-1-5(12-7(3)9)4-2-6(11)10-4/h1,4H,2H2,(H,10,11). The highest BCUT2D eigenvalue weighted by molar-refractivity contribution is 9.13. The molecule has 2 heterocycles. The number of halogens is 2. The van der Waals surface area contributed by atoms with E-state index in [0.717, 1.165) is 10.2 Å². The molecule has 1 saturated heterocycles. The van der Waals surface area contributed by atoms with Crippen molar-refractivity contribution in [2.75, 3.05) is 0 Å². The smallest absolute Gasteiger partial charge is 0.223 e. The van der Waals surface area contributed by atoms with Gasteiger partial charge in [0.1, 0.15) is 5.76 Å². The first-order valence-corrected chi connectivity index (χ1v) is 4.99. The van der Waals surface area contributed by atoms with E-state index in [1.54, 1.807) is 0 Å². The molecule has 1 aromatic rings. The summed E-state index contributed by atoms with van der Waals surface area (Å²) in [6.07, 6.45) is 0.520. The van der Waals surface area contributed by atoms with E-state index in [-0.39, 0.29) is 11.9 Å². The van der Waals surface area contributed by atoms with Crippen LogP contribution >= 0.6 is 31.9 Å². The molecule has 5 heteroatoms. The van der Waals surface area contributed by atoms with Crippen LogP contribution in [0, 0.1) is 0 Å². The summed E-state index contributed by atoms with van der Waals surface area (Å²) in [5, 5.41) is 2.73. The van der Waals surface area contributed by atoms with Crippen LogP contribution in [0.25, 0.3) is 0 Å². The highest BCUT2D eigenvalue weighted by Gasteiger charge is 2.29. The topological polar surface area (TPSA) is 42.2 Å². The lowest BCUT2D eigenvalue weighted by Gasteiger charge is -2.24. The summed E-state index contributed by atoms with van der Waals surface area (Å²) in [6.45, 7) is 0. The van der Waals surface area contributed by atoms with Gasteiger partial charge >= 0.3 is 0 Å². The lowest BCUT2D eigenvalue weighted by atomic mass is 10.0. The van der Waals surface area contributed by atoms with Crippen molar-refractivity contribution in [1.29, 1.82) is 0 Å². The minimum Gasteiger partial charge on any atom is -0.451 e. The fourth-order valence-corrected chi connectivity index (χ4v) is 1.67. The van der Waals surface area contributed by atoms with E-state index in [1.807, 2.05) is 6.07 Å². The van der Waals surface area contributed by atoms with Crippen molar-refractivity contribution in [2.45, 2.75) is 12.5 Å². The summed E-state index contributed by atoms with van der Waals surface area (Å²) in [5.41, 5.74) is 0. The zero-order valence-electron chi connectivity index (χ0n) is 5.93. The fraction of sp³-hybridized carbons (Fsp3) is 0.286. The molecule has 0 saturated carbocycles. The first-order valence-electron chi connectivity index (χ1n) is 3.41. The Morgan fingerprint density at radius 3 is 2.67 bits per heavy atom. The first-order chi connectivity index (χ1) is 5.66. The average molecular weight is 295 g/mol. The molecule has 1 atom stereocenters. The second-order valence-corrected chi connectivity index (χ2v) is 4.17. The van der Waals surface area contributed by atoms with Gasteiger partial charge in [0, 0.05) is 0 Å². The minimum absolute atomic E-state index is 0.0556. The Morgan fingerprint density at radius 1 is 1.58 bits per heavy atom. The molecule has 1 fully saturated rings. The summed E-state index contributed by atoms with van der Waals surface area (Å²) in [4.78, 5) is 10.6. The van der Waals surface area contributed by atoms with Crippen LogP contribution in [-0.4, -0.2) is 5.91 Å². The van der Waals surface area contributed by atoms with Gasteiger partial charge in [-0.3, -0.25) is 4.79 Å². The van der Waals surface area contributed by atoms with E-state index in [1.165, 1.54) is 0 Å². The summed E-state index contributed by atoms with van der Waals surface area (Å²) in [5.74, 6) is 0.858. The Bertz CT molecular complexity index is 307. The molecule has 1 N–H and O–H groups in total. The van der Waals surface area contributed by atoms with Crippen molar-refractivity contribution in [2.24, 2.45) is 0 Å². The summed E-state index contributed by atoms with van der Waals surface area (Å²) < 4.78 is 6.86. The van der Waals surface area contributed by atoms with Crippen LogP contribution in [0.1, 0.15) is 18.2 Å². The van der Waals surface area contributed by atoms with E-state index >= 15 is 0 Å². The molecule has 1 aliphatic heterocycles. The molecule has 2 rings (SSSR count). The quantitative estimate of drug-likeness (QED) is 0.808. The molecular weight excluding hydrogens is 290 g/mol. The van der Waals surface area contributed by atoms with E-state index in [0.29, 0.717) is 11.1 Å². The second kappa shape index (κ2) is 2.88. The molecular formula is C7H5Br2NO2. The van der Waals surface area contributed by atoms with Crippen LogP contribution in [0.4, 0.5) is 0 Å². The largest absolute Gasteiger partial charge is 0.451 e. The predicted molar refractivity (Wildman–Crippen MR) is 49.6 cm³/mol. The zero-order chi connectivity index (χ0) is 8.72. The van der Waals surface area contributed by atoms with Crippen LogP contribution in [0.15, 0.2) is 19.6 Å². The fourth-order valence-electron chi connectivity index (χ4n) is 1.07. The van der Waals surface area contributed by atoms with Crippen LogP contribution in [0.2, 0.25) is 0 Å². The van der Waals surface area contributed by atoms with E-state index < -0.39 is 0 Å². The number of furan rings is 1. The average Bonchev–Trinajstić information content (AvgIpc) is 2.26. The van der Waals surface area contributed by atoms with Gasteiger partial charge < -0.3 is 9.73 Å². The Morgan fingerprint density at radius 2 is 2.25 bits per heavy atom. The molecule has 12 heavy (non-hydrogen) atoms. The van der Waals surface area contributed by atoms with Gasteiger partial charge in [0.05, 0.1) is 16.9 Å². The van der Waals surface area contributed by atoms with Crippen LogP contribution < -0.4 is 5.32 Å². The van der Waals surface area contributed by atoms with Gasteiger partial charge in [-0.25, -0.2) is 0 Å². The Kier molecular flexibility index (Phi) is 2.00. The highest BCUT2D eigenvalue weighted by atomic mass is 79.9. The highest BCUT2D eigenvalue weighted by Crippen LogP contribution is 2.33. The van der Waals surface area contributed by atoms with Gasteiger partial charge in [-0.2, -0.15) is 0 Å². The normalized spacial score (nSPS) is 21.8. The van der Waals surface area contributed by atoms with E-state index in [4.69, 9.17) is 4.42 Å². The molecule has 1 amide bonds. The third-order valence-electron chi connectivity index (χ3n) is 1.73. The van der Waals surface area contributed by atoms with Gasteiger partial charge in [-0.15, -0.1) is 0 Å². The first kappa shape index (κ1) is 8.31. The molecule has 1 aromatic heterocycles. The summed E-state index contributed by atoms with van der Waals surface area (Å²) in [7, 11) is 0. The van der Waals surface area contributed by atoms with Gasteiger partial charge in [-0.1, -0.05) is 0 Å². The molecule has 0 radical (unpaired) electrons. The third-order valence-corrected chi connectivity index (χ3v) is 3.44. The molecule has 1 unspecified atom stereocenters. The number of carbonyl (C=O) groups is 1. The van der Waals surface area contributed by atoms with Crippen molar-refractivity contribution in [3.8, 4) is 0 Å². The molecule has 0 bridgehead atoms. The van der Waals surface area contributed by atoms with Crippen molar-refractivity contribution >= 4 is 37.8 Å². The predicted octanol–water partition coefficient (Wildman–Crippen LogP) is 2.37. The van der Waals surface area contributed by atoms with Crippen molar-refractivity contribution in [3.05, 3.63) is 21.0 Å². The van der Waals surface area contributed by atoms with Gasteiger partial charge in [0.2, 0.25) is 5.91 Å². The van der Waals surface area contributed by atoms with Crippen LogP contribution in [-0.2, 0) is 4.79 Å². The molecule has 0 aromatic carbocycles. The monoisotopic (exact) mass is 293 g/mol. The number of rotatable bonds is 1. The Labute approximate surface area is 85.8 Å². The van der Waals surface area contributed by atoms with Crippen molar-refractivity contribution in [3.63, 3.8) is 0 Å². The minimum atomic E-state index is 0.0556. The molecule has 1 aliphatic rings. The Hall–Kier alpha value is -0.290. The number of amides is 1. The van der Waals surface area contributed by atoms with Crippen molar-refractivity contribution < 1.29 is 9.21 Å². The molecule has 0 spiro atoms. The number of hydrogen-bond acceptors (Lipinski definition) is 2. The summed E-state index contributed by atoms with van der Waals surface area (Å²) >= 11 is 6.53. The maximum Gasteiger partial charge on any atom is 0.223 e. The zero-order valence-corrected chi connectivity index (χ0v) is 9.11. The van der Waals surface area contributed by atoms with Crippen LogP contribution in [0.3, 0.4) is 0 Å². The number of β-lactam (4-membered cyclic amide) rings is 1. The molecule has 64 valence electrons. The van der Waals surface area contributed by atoms with Crippen molar-refractivity contribution in [1.82, 2.24) is 5.32 Å². The third kappa shape index (κ3) is 1.31. The second-order valence-electron chi connectivity index (χ2n) is 2.59. The number of nitrogens with one attached hydrogen (secondary N) is 1. The van der Waals surface area contributed by atoms with E-state index in [2.05, 4.69) is 37.2 Å². The molecule has 0 aliphatic carbocycles. The van der Waals surface area contributed by atoms with Gasteiger partial charge in [0.15, 0.2) is 4.67 Å². The maximum atomic E-state index is 10.6. The number of carbonyl (C=O) groups excluding carboxylic acids is 1. The van der Waals surface area contributed by atoms with Gasteiger partial charge in [0.25, 0.3) is 0 Å². The molecule has 3 nitrogen and oxygen atoms in total. The maximum absolute atomic E-state index is 10.6. The Balaban J connectivity index is 2.19. The lowest BCUT2D eigenvalue weighted by molar-refractivity contribution is -0.128. The SMILES string of the molecule is O=C1CC(c2cc(Br)c(Br)o2)N1. The number of hydrogen-bond donors (Lipinski definition) is 1. The lowest BCUT2D eigenvalue weighted by Crippen LogP contribution is -2.41. The van der Waals surface area contributed by atoms with E-state index in [9.17, 15) is 4.79 Å². The van der Waals surface area contributed by atoms with Gasteiger partial charge in [-0.05, 0) is 37.9 Å². The van der Waals surface area contributed by atoms with Crippen LogP contribution in [0.5, 0.6) is 0 Å². The summed E-state index contributed by atoms with van der Waals surface area (Å²) in [6, 6.07) is 1.91.